The summed E-state index contributed by atoms with van der Waals surface area (Å²) in [5.41, 5.74) is 6.36. The highest BCUT2D eigenvalue weighted by Crippen LogP contribution is 2.12. The van der Waals surface area contributed by atoms with Crippen molar-refractivity contribution < 1.29 is 28.7 Å². The summed E-state index contributed by atoms with van der Waals surface area (Å²) in [4.78, 5) is 59.0. The second-order valence-electron chi connectivity index (χ2n) is 8.62. The first-order chi connectivity index (χ1) is 17.0. The number of hydrogen-bond donors (Lipinski definition) is 6. The number of rotatable bonds is 15. The van der Waals surface area contributed by atoms with E-state index in [9.17, 15) is 24.0 Å². The number of carbonyl (C=O) groups excluding carboxylic acids is 5. The van der Waals surface area contributed by atoms with Crippen molar-refractivity contribution >= 4 is 35.4 Å². The highest BCUT2D eigenvalue weighted by atomic mass is 16.5. The molecular weight excluding hydrogens is 468 g/mol. The first-order valence-electron chi connectivity index (χ1n) is 11.8. The van der Waals surface area contributed by atoms with Crippen molar-refractivity contribution in [3.8, 4) is 0 Å². The van der Waals surface area contributed by atoms with E-state index in [1.165, 1.54) is 13.8 Å². The minimum Gasteiger partial charge on any atom is -0.461 e. The van der Waals surface area contributed by atoms with E-state index in [2.05, 4.69) is 26.6 Å². The zero-order chi connectivity index (χ0) is 27.1. The first kappa shape index (κ1) is 30.4. The molecule has 0 aromatic heterocycles. The number of benzene rings is 1. The molecule has 200 valence electrons. The summed E-state index contributed by atoms with van der Waals surface area (Å²) in [5.74, 6) is -1.40. The lowest BCUT2D eigenvalue weighted by atomic mass is 10.0. The molecule has 0 aliphatic carbocycles. The van der Waals surface area contributed by atoms with Crippen molar-refractivity contribution in [2.75, 3.05) is 25.0 Å². The number of urea groups is 1. The maximum atomic E-state index is 13.0. The second kappa shape index (κ2) is 16.1. The van der Waals surface area contributed by atoms with E-state index in [0.717, 1.165) is 5.56 Å². The third kappa shape index (κ3) is 12.7. The van der Waals surface area contributed by atoms with Crippen LogP contribution >= 0.6 is 0 Å². The summed E-state index contributed by atoms with van der Waals surface area (Å²) < 4.78 is 4.95. The Hall–Kier alpha value is -3.67. The molecule has 0 bridgehead atoms. The third-order valence-electron chi connectivity index (χ3n) is 5.08. The number of primary amides is 1. The fraction of sp³-hybridized carbons (Fsp3) is 0.542. The van der Waals surface area contributed by atoms with Crippen LogP contribution in [0.5, 0.6) is 0 Å². The van der Waals surface area contributed by atoms with Crippen LogP contribution < -0.4 is 32.3 Å². The standard InChI is InChI=1S/C24H38N6O6/c1-15(2)21(27-13-12-26-16(3)31)23(34)30-20(6-5-11-28-24(25)35)22(33)29-19-9-7-18(8-10-19)14-36-17(4)32/h7-10,15,20-21,27H,5-6,11-14H2,1-4H3,(H,26,31)(H,29,33)(H,30,34)(H3,25,28,35)/t20-,21?/m1/s1. The molecule has 0 aliphatic rings. The molecule has 12 heteroatoms. The molecule has 5 amide bonds. The van der Waals surface area contributed by atoms with Crippen LogP contribution in [0.4, 0.5) is 10.5 Å². The Bertz CT molecular complexity index is 890. The van der Waals surface area contributed by atoms with Gasteiger partial charge < -0.3 is 37.1 Å². The van der Waals surface area contributed by atoms with Gasteiger partial charge in [0.05, 0.1) is 6.04 Å². The predicted molar refractivity (Wildman–Crippen MR) is 135 cm³/mol. The van der Waals surface area contributed by atoms with Crippen LogP contribution in [0.3, 0.4) is 0 Å². The van der Waals surface area contributed by atoms with Gasteiger partial charge in [-0.25, -0.2) is 4.79 Å². The average molecular weight is 507 g/mol. The fourth-order valence-electron chi connectivity index (χ4n) is 3.24. The number of amides is 5. The Balaban J connectivity index is 2.84. The van der Waals surface area contributed by atoms with Gasteiger partial charge in [0.2, 0.25) is 17.7 Å². The molecule has 0 heterocycles. The number of hydrogen-bond acceptors (Lipinski definition) is 7. The Morgan fingerprint density at radius 2 is 1.58 bits per heavy atom. The Morgan fingerprint density at radius 3 is 2.14 bits per heavy atom. The molecular formula is C24H38N6O6. The molecule has 0 saturated carbocycles. The Labute approximate surface area is 211 Å². The van der Waals surface area contributed by atoms with Gasteiger partial charge in [0.25, 0.3) is 0 Å². The third-order valence-corrected chi connectivity index (χ3v) is 5.08. The summed E-state index contributed by atoms with van der Waals surface area (Å²) >= 11 is 0. The van der Waals surface area contributed by atoms with Gasteiger partial charge in [-0.1, -0.05) is 26.0 Å². The van der Waals surface area contributed by atoms with Crippen LogP contribution in [0, 0.1) is 5.92 Å². The number of nitrogens with two attached hydrogens (primary N) is 1. The van der Waals surface area contributed by atoms with Gasteiger partial charge in [-0.15, -0.1) is 0 Å². The lowest BCUT2D eigenvalue weighted by molar-refractivity contribution is -0.142. The molecule has 36 heavy (non-hydrogen) atoms. The predicted octanol–water partition coefficient (Wildman–Crippen LogP) is 0.372. The van der Waals surface area contributed by atoms with Gasteiger partial charge in [-0.2, -0.15) is 0 Å². The molecule has 1 rings (SSSR count). The molecule has 1 aromatic carbocycles. The normalized spacial score (nSPS) is 12.2. The van der Waals surface area contributed by atoms with Gasteiger partial charge in [-0.05, 0) is 36.5 Å². The van der Waals surface area contributed by atoms with Crippen LogP contribution in [0.1, 0.15) is 46.1 Å². The quantitative estimate of drug-likeness (QED) is 0.147. The molecule has 7 N–H and O–H groups in total. The van der Waals surface area contributed by atoms with Gasteiger partial charge in [0.1, 0.15) is 12.6 Å². The van der Waals surface area contributed by atoms with Crippen molar-refractivity contribution in [1.82, 2.24) is 21.3 Å². The molecule has 12 nitrogen and oxygen atoms in total. The monoisotopic (exact) mass is 506 g/mol. The fourth-order valence-corrected chi connectivity index (χ4v) is 3.24. The van der Waals surface area contributed by atoms with Crippen LogP contribution in [-0.4, -0.2) is 61.4 Å². The molecule has 0 fully saturated rings. The van der Waals surface area contributed by atoms with E-state index in [4.69, 9.17) is 10.5 Å². The number of ether oxygens (including phenoxy) is 1. The maximum Gasteiger partial charge on any atom is 0.312 e. The largest absolute Gasteiger partial charge is 0.461 e. The van der Waals surface area contributed by atoms with Crippen molar-refractivity contribution in [3.63, 3.8) is 0 Å². The van der Waals surface area contributed by atoms with Crippen molar-refractivity contribution in [2.45, 2.75) is 59.2 Å². The molecule has 0 saturated heterocycles. The first-order valence-corrected chi connectivity index (χ1v) is 11.8. The molecule has 0 spiro atoms. The van der Waals surface area contributed by atoms with E-state index >= 15 is 0 Å². The van der Waals surface area contributed by atoms with Crippen LogP contribution in [0.25, 0.3) is 0 Å². The van der Waals surface area contributed by atoms with Gasteiger partial charge in [0, 0.05) is 39.2 Å². The van der Waals surface area contributed by atoms with Crippen molar-refractivity contribution in [1.29, 1.82) is 0 Å². The van der Waals surface area contributed by atoms with E-state index < -0.39 is 24.0 Å². The summed E-state index contributed by atoms with van der Waals surface area (Å²) in [6.07, 6.45) is 0.671. The zero-order valence-corrected chi connectivity index (χ0v) is 21.3. The van der Waals surface area contributed by atoms with E-state index in [-0.39, 0.29) is 43.3 Å². The van der Waals surface area contributed by atoms with E-state index in [0.29, 0.717) is 25.2 Å². The van der Waals surface area contributed by atoms with E-state index in [1.54, 1.807) is 24.3 Å². The van der Waals surface area contributed by atoms with Gasteiger partial charge >= 0.3 is 12.0 Å². The zero-order valence-electron chi connectivity index (χ0n) is 21.3. The van der Waals surface area contributed by atoms with Crippen LogP contribution in [0.15, 0.2) is 24.3 Å². The molecule has 0 aliphatic heterocycles. The number of anilines is 1. The van der Waals surface area contributed by atoms with Crippen LogP contribution in [0.2, 0.25) is 0 Å². The van der Waals surface area contributed by atoms with Crippen molar-refractivity contribution in [3.05, 3.63) is 29.8 Å². The van der Waals surface area contributed by atoms with Crippen molar-refractivity contribution in [2.24, 2.45) is 11.7 Å². The number of carbonyl (C=O) groups is 5. The second-order valence-corrected chi connectivity index (χ2v) is 8.62. The summed E-state index contributed by atoms with van der Waals surface area (Å²) in [5, 5.41) is 13.8. The topological polar surface area (TPSA) is 181 Å². The van der Waals surface area contributed by atoms with Gasteiger partial charge in [0.15, 0.2) is 0 Å². The van der Waals surface area contributed by atoms with Gasteiger partial charge in [-0.3, -0.25) is 19.2 Å². The lowest BCUT2D eigenvalue weighted by Crippen LogP contribution is -2.54. The van der Waals surface area contributed by atoms with Crippen LogP contribution in [-0.2, 0) is 30.5 Å². The van der Waals surface area contributed by atoms with E-state index in [1.807, 2.05) is 13.8 Å². The minimum absolute atomic E-state index is 0.0765. The number of nitrogens with one attached hydrogen (secondary N) is 5. The maximum absolute atomic E-state index is 13.0. The minimum atomic E-state index is -0.869. The highest BCUT2D eigenvalue weighted by molar-refractivity contribution is 5.97. The summed E-state index contributed by atoms with van der Waals surface area (Å²) in [6.45, 7) is 7.61. The molecule has 1 aromatic rings. The summed E-state index contributed by atoms with van der Waals surface area (Å²) in [7, 11) is 0. The Kier molecular flexibility index (Phi) is 13.6. The number of esters is 1. The summed E-state index contributed by atoms with van der Waals surface area (Å²) in [6, 6.07) is 4.66. The molecule has 2 atom stereocenters. The molecule has 1 unspecified atom stereocenters. The lowest BCUT2D eigenvalue weighted by Gasteiger charge is -2.25. The smallest absolute Gasteiger partial charge is 0.312 e. The SMILES string of the molecule is CC(=O)NCCNC(C(=O)N[C@H](CCCNC(N)=O)C(=O)Nc1ccc(COC(C)=O)cc1)C(C)C. The Morgan fingerprint density at radius 1 is 0.917 bits per heavy atom. The molecule has 0 radical (unpaired) electrons. The highest BCUT2D eigenvalue weighted by Gasteiger charge is 2.27. The average Bonchev–Trinajstić information content (AvgIpc) is 2.79.